The summed E-state index contributed by atoms with van der Waals surface area (Å²) in [5, 5.41) is 7.79. The SMILES string of the molecule is COCc1nc(-c2ccc3c(c2)CC[C@H]3CC(=O)c2cc(C)no2)no1. The summed E-state index contributed by atoms with van der Waals surface area (Å²) in [5.74, 6) is 1.54. The lowest BCUT2D eigenvalue weighted by molar-refractivity contribution is 0.0937. The predicted octanol–water partition coefficient (Wildman–Crippen LogP) is 3.48. The van der Waals surface area contributed by atoms with Crippen LogP contribution in [0.15, 0.2) is 33.3 Å². The van der Waals surface area contributed by atoms with Crippen molar-refractivity contribution in [2.75, 3.05) is 7.11 Å². The first-order valence-corrected chi connectivity index (χ1v) is 8.55. The summed E-state index contributed by atoms with van der Waals surface area (Å²) in [7, 11) is 1.58. The topological polar surface area (TPSA) is 91.2 Å². The van der Waals surface area contributed by atoms with Gasteiger partial charge in [-0.1, -0.05) is 22.4 Å². The van der Waals surface area contributed by atoms with Gasteiger partial charge in [-0.15, -0.1) is 0 Å². The molecule has 0 aliphatic heterocycles. The largest absolute Gasteiger partial charge is 0.375 e. The van der Waals surface area contributed by atoms with Crippen LogP contribution in [0.5, 0.6) is 0 Å². The molecule has 7 nitrogen and oxygen atoms in total. The van der Waals surface area contributed by atoms with E-state index in [0.717, 1.165) is 24.1 Å². The van der Waals surface area contributed by atoms with Crippen molar-refractivity contribution in [1.29, 1.82) is 0 Å². The number of hydrogen-bond donors (Lipinski definition) is 0. The monoisotopic (exact) mass is 353 g/mol. The third-order valence-electron chi connectivity index (χ3n) is 4.67. The molecule has 0 saturated carbocycles. The summed E-state index contributed by atoms with van der Waals surface area (Å²) in [6, 6.07) is 7.81. The van der Waals surface area contributed by atoms with Gasteiger partial charge in [-0.25, -0.2) is 0 Å². The highest BCUT2D eigenvalue weighted by Gasteiger charge is 2.27. The molecule has 2 aromatic heterocycles. The van der Waals surface area contributed by atoms with Gasteiger partial charge in [-0.3, -0.25) is 4.79 Å². The Balaban J connectivity index is 1.51. The lowest BCUT2D eigenvalue weighted by Gasteiger charge is -2.10. The quantitative estimate of drug-likeness (QED) is 0.626. The number of nitrogens with zero attached hydrogens (tertiary/aromatic N) is 3. The fourth-order valence-electron chi connectivity index (χ4n) is 3.43. The fourth-order valence-corrected chi connectivity index (χ4v) is 3.43. The van der Waals surface area contributed by atoms with Crippen LogP contribution in [0.25, 0.3) is 11.4 Å². The molecule has 0 amide bonds. The molecule has 0 saturated heterocycles. The molecule has 0 bridgehead atoms. The van der Waals surface area contributed by atoms with E-state index in [1.165, 1.54) is 11.1 Å². The first-order valence-electron chi connectivity index (χ1n) is 8.55. The molecule has 0 unspecified atom stereocenters. The first kappa shape index (κ1) is 16.7. The Kier molecular flexibility index (Phi) is 4.38. The zero-order chi connectivity index (χ0) is 18.1. The molecule has 26 heavy (non-hydrogen) atoms. The molecule has 1 aromatic carbocycles. The molecular formula is C19H19N3O4. The van der Waals surface area contributed by atoms with E-state index in [9.17, 15) is 4.79 Å². The van der Waals surface area contributed by atoms with E-state index in [0.29, 0.717) is 30.5 Å². The van der Waals surface area contributed by atoms with Gasteiger partial charge < -0.3 is 13.8 Å². The normalized spacial score (nSPS) is 16.0. The summed E-state index contributed by atoms with van der Waals surface area (Å²) < 4.78 is 15.2. The second-order valence-corrected chi connectivity index (χ2v) is 6.55. The van der Waals surface area contributed by atoms with Crippen molar-refractivity contribution in [2.24, 2.45) is 0 Å². The number of ketones is 1. The second kappa shape index (κ2) is 6.84. The van der Waals surface area contributed by atoms with Crippen LogP contribution in [-0.2, 0) is 17.8 Å². The van der Waals surface area contributed by atoms with Gasteiger partial charge in [0, 0.05) is 25.2 Å². The standard InChI is InChI=1S/C19H19N3O4/c1-11-7-17(25-21-11)16(23)9-13-4-3-12-8-14(5-6-15(12)13)19-20-18(10-24-2)26-22-19/h5-8,13H,3-4,9-10H2,1-2H3/t13-/m0/s1. The van der Waals surface area contributed by atoms with Crippen molar-refractivity contribution in [2.45, 2.75) is 38.7 Å². The average Bonchev–Trinajstić information content (AvgIpc) is 3.35. The molecule has 0 N–H and O–H groups in total. The highest BCUT2D eigenvalue weighted by molar-refractivity contribution is 5.94. The zero-order valence-electron chi connectivity index (χ0n) is 14.7. The van der Waals surface area contributed by atoms with Gasteiger partial charge in [0.1, 0.15) is 6.61 Å². The molecule has 4 rings (SSSR count). The number of aromatic nitrogens is 3. The van der Waals surface area contributed by atoms with Crippen molar-refractivity contribution in [3.63, 3.8) is 0 Å². The van der Waals surface area contributed by atoms with E-state index < -0.39 is 0 Å². The van der Waals surface area contributed by atoms with E-state index in [2.05, 4.69) is 27.4 Å². The van der Waals surface area contributed by atoms with Crippen LogP contribution in [0.2, 0.25) is 0 Å². The maximum absolute atomic E-state index is 12.4. The molecular weight excluding hydrogens is 334 g/mol. The Morgan fingerprint density at radius 1 is 1.27 bits per heavy atom. The number of ether oxygens (including phenoxy) is 1. The molecule has 134 valence electrons. The predicted molar refractivity (Wildman–Crippen MR) is 91.7 cm³/mol. The van der Waals surface area contributed by atoms with Crippen molar-refractivity contribution < 1.29 is 18.6 Å². The number of aryl methyl sites for hydroxylation is 2. The van der Waals surface area contributed by atoms with Crippen LogP contribution >= 0.6 is 0 Å². The zero-order valence-corrected chi connectivity index (χ0v) is 14.7. The molecule has 0 spiro atoms. The minimum absolute atomic E-state index is 0.00472. The number of benzene rings is 1. The Labute approximate surface area is 150 Å². The van der Waals surface area contributed by atoms with Gasteiger partial charge in [0.2, 0.25) is 17.4 Å². The maximum atomic E-state index is 12.4. The summed E-state index contributed by atoms with van der Waals surface area (Å²) >= 11 is 0. The average molecular weight is 353 g/mol. The summed E-state index contributed by atoms with van der Waals surface area (Å²) in [6.07, 6.45) is 2.30. The Morgan fingerprint density at radius 2 is 2.15 bits per heavy atom. The third kappa shape index (κ3) is 3.17. The Morgan fingerprint density at radius 3 is 2.92 bits per heavy atom. The number of Topliss-reactive ketones (excluding diaryl/α,β-unsaturated/α-hetero) is 1. The summed E-state index contributed by atoms with van der Waals surface area (Å²) in [5.41, 5.74) is 4.07. The minimum atomic E-state index is -0.00472. The number of carbonyl (C=O) groups excluding carboxylic acids is 1. The van der Waals surface area contributed by atoms with Gasteiger partial charge in [0.15, 0.2) is 0 Å². The van der Waals surface area contributed by atoms with E-state index in [4.69, 9.17) is 13.8 Å². The van der Waals surface area contributed by atoms with Crippen molar-refractivity contribution in [3.8, 4) is 11.4 Å². The lowest BCUT2D eigenvalue weighted by atomic mass is 9.94. The Bertz CT molecular complexity index is 944. The Hall–Kier alpha value is -2.80. The van der Waals surface area contributed by atoms with E-state index >= 15 is 0 Å². The number of hydrogen-bond acceptors (Lipinski definition) is 7. The second-order valence-electron chi connectivity index (χ2n) is 6.55. The number of carbonyl (C=O) groups is 1. The van der Waals surface area contributed by atoms with Gasteiger partial charge >= 0.3 is 0 Å². The van der Waals surface area contributed by atoms with Gasteiger partial charge in [-0.2, -0.15) is 4.98 Å². The van der Waals surface area contributed by atoms with Crippen molar-refractivity contribution in [1.82, 2.24) is 15.3 Å². The molecule has 1 atom stereocenters. The highest BCUT2D eigenvalue weighted by atomic mass is 16.5. The lowest BCUT2D eigenvalue weighted by Crippen LogP contribution is -2.04. The molecule has 0 radical (unpaired) electrons. The molecule has 0 fully saturated rings. The summed E-state index contributed by atoms with van der Waals surface area (Å²) in [4.78, 5) is 16.7. The molecule has 7 heteroatoms. The van der Waals surface area contributed by atoms with Crippen LogP contribution in [-0.4, -0.2) is 28.2 Å². The first-order chi connectivity index (χ1) is 12.6. The van der Waals surface area contributed by atoms with Gasteiger partial charge in [-0.05, 0) is 42.9 Å². The van der Waals surface area contributed by atoms with E-state index in [1.807, 2.05) is 13.0 Å². The van der Waals surface area contributed by atoms with Crippen LogP contribution in [0.3, 0.4) is 0 Å². The van der Waals surface area contributed by atoms with Crippen molar-refractivity contribution >= 4 is 5.78 Å². The number of fused-ring (bicyclic) bond motifs is 1. The molecule has 1 aliphatic carbocycles. The number of rotatable bonds is 6. The maximum Gasteiger partial charge on any atom is 0.252 e. The van der Waals surface area contributed by atoms with Crippen LogP contribution in [0.1, 0.15) is 52.0 Å². The highest BCUT2D eigenvalue weighted by Crippen LogP contribution is 2.38. The molecule has 1 aliphatic rings. The summed E-state index contributed by atoms with van der Waals surface area (Å²) in [6.45, 7) is 2.10. The van der Waals surface area contributed by atoms with E-state index in [1.54, 1.807) is 13.2 Å². The van der Waals surface area contributed by atoms with Gasteiger partial charge in [0.05, 0.1) is 5.69 Å². The molecule has 2 heterocycles. The fraction of sp³-hybridized carbons (Fsp3) is 0.368. The van der Waals surface area contributed by atoms with Crippen LogP contribution in [0, 0.1) is 6.92 Å². The third-order valence-corrected chi connectivity index (χ3v) is 4.67. The smallest absolute Gasteiger partial charge is 0.252 e. The van der Waals surface area contributed by atoms with Gasteiger partial charge in [0.25, 0.3) is 5.89 Å². The number of methoxy groups -OCH3 is 1. The van der Waals surface area contributed by atoms with Crippen molar-refractivity contribution in [3.05, 3.63) is 52.7 Å². The molecule has 3 aromatic rings. The van der Waals surface area contributed by atoms with E-state index in [-0.39, 0.29) is 11.7 Å². The van der Waals surface area contributed by atoms with Crippen LogP contribution < -0.4 is 0 Å². The minimum Gasteiger partial charge on any atom is -0.375 e. The van der Waals surface area contributed by atoms with Crippen LogP contribution in [0.4, 0.5) is 0 Å².